The van der Waals surface area contributed by atoms with Crippen molar-refractivity contribution in [1.29, 1.82) is 0 Å². The van der Waals surface area contributed by atoms with Gasteiger partial charge >= 0.3 is 5.97 Å². The molecule has 0 atom stereocenters. The number of aromatic carboxylic acids is 1. The van der Waals surface area contributed by atoms with Gasteiger partial charge in [0.15, 0.2) is 11.6 Å². The Kier molecular flexibility index (Phi) is 6.58. The minimum Gasteiger partial charge on any atom is -0.478 e. The average Bonchev–Trinajstić information content (AvgIpc) is 3.12. The van der Waals surface area contributed by atoms with Crippen molar-refractivity contribution in [3.05, 3.63) is 77.2 Å². The van der Waals surface area contributed by atoms with E-state index in [1.807, 2.05) is 37.5 Å². The van der Waals surface area contributed by atoms with Crippen LogP contribution in [0.3, 0.4) is 0 Å². The molecule has 8 heteroatoms. The monoisotopic (exact) mass is 464 g/mol. The number of aryl methyl sites for hydroxylation is 1. The van der Waals surface area contributed by atoms with Crippen molar-refractivity contribution in [2.75, 3.05) is 11.9 Å². The molecule has 2 aromatic heterocycles. The van der Waals surface area contributed by atoms with Crippen LogP contribution in [-0.4, -0.2) is 32.2 Å². The summed E-state index contributed by atoms with van der Waals surface area (Å²) in [7, 11) is 0. The van der Waals surface area contributed by atoms with Crippen LogP contribution in [0.25, 0.3) is 22.2 Å². The van der Waals surface area contributed by atoms with Crippen molar-refractivity contribution >= 4 is 22.7 Å². The third kappa shape index (κ3) is 4.76. The second kappa shape index (κ2) is 9.59. The Morgan fingerprint density at radius 3 is 2.65 bits per heavy atom. The molecule has 0 fully saturated rings. The van der Waals surface area contributed by atoms with Crippen LogP contribution in [-0.2, 0) is 13.0 Å². The summed E-state index contributed by atoms with van der Waals surface area (Å²) in [6, 6.07) is 11.4. The molecule has 0 saturated carbocycles. The molecule has 4 rings (SSSR count). The number of rotatable bonds is 8. The molecule has 0 aliphatic rings. The quantitative estimate of drug-likeness (QED) is 0.350. The molecule has 0 bridgehead atoms. The lowest BCUT2D eigenvalue weighted by Crippen LogP contribution is -2.12. The maximum atomic E-state index is 14.1. The van der Waals surface area contributed by atoms with Gasteiger partial charge in [-0.15, -0.1) is 0 Å². The second-order valence-electron chi connectivity index (χ2n) is 8.72. The molecular weight excluding hydrogens is 438 g/mol. The molecule has 2 N–H and O–H groups in total. The SMILES string of the molecule is Cc1cc2c(F)c(F)ccc2n1CCNc1cc(-c2ccc(C(=O)O)c(CC(C)C)c2)ncn1. The molecule has 0 saturated heterocycles. The first-order valence-corrected chi connectivity index (χ1v) is 11.1. The van der Waals surface area contributed by atoms with Gasteiger partial charge in [-0.2, -0.15) is 0 Å². The van der Waals surface area contributed by atoms with Crippen LogP contribution >= 0.6 is 0 Å². The lowest BCUT2D eigenvalue weighted by molar-refractivity contribution is 0.0695. The molecule has 0 amide bonds. The van der Waals surface area contributed by atoms with Crippen molar-refractivity contribution in [1.82, 2.24) is 14.5 Å². The number of nitrogens with one attached hydrogen (secondary N) is 1. The number of anilines is 1. The Morgan fingerprint density at radius 2 is 1.91 bits per heavy atom. The molecule has 4 aromatic rings. The Bertz CT molecular complexity index is 1360. The predicted octanol–water partition coefficient (Wildman–Crippen LogP) is 5.69. The third-order valence-corrected chi connectivity index (χ3v) is 5.75. The van der Waals surface area contributed by atoms with Gasteiger partial charge in [0.1, 0.15) is 12.1 Å². The highest BCUT2D eigenvalue weighted by Crippen LogP contribution is 2.26. The zero-order valence-electron chi connectivity index (χ0n) is 19.3. The fourth-order valence-electron chi connectivity index (χ4n) is 4.18. The van der Waals surface area contributed by atoms with Gasteiger partial charge in [0, 0.05) is 35.8 Å². The summed E-state index contributed by atoms with van der Waals surface area (Å²) in [6.07, 6.45) is 2.11. The second-order valence-corrected chi connectivity index (χ2v) is 8.72. The predicted molar refractivity (Wildman–Crippen MR) is 128 cm³/mol. The maximum Gasteiger partial charge on any atom is 0.335 e. The topological polar surface area (TPSA) is 80.0 Å². The molecule has 0 unspecified atom stereocenters. The Labute approximate surface area is 196 Å². The summed E-state index contributed by atoms with van der Waals surface area (Å²) in [6.45, 7) is 7.00. The third-order valence-electron chi connectivity index (χ3n) is 5.75. The molecule has 176 valence electrons. The number of fused-ring (bicyclic) bond motifs is 1. The van der Waals surface area contributed by atoms with Gasteiger partial charge in [-0.1, -0.05) is 19.9 Å². The summed E-state index contributed by atoms with van der Waals surface area (Å²) in [5, 5.41) is 13.0. The molecule has 0 aliphatic carbocycles. The molecular formula is C26H26F2N4O2. The Balaban J connectivity index is 1.52. The van der Waals surface area contributed by atoms with Gasteiger partial charge in [0.25, 0.3) is 0 Å². The van der Waals surface area contributed by atoms with Gasteiger partial charge in [-0.3, -0.25) is 0 Å². The summed E-state index contributed by atoms with van der Waals surface area (Å²) in [5.41, 5.74) is 4.04. The van der Waals surface area contributed by atoms with Gasteiger partial charge in [-0.05, 0) is 55.2 Å². The molecule has 2 heterocycles. The smallest absolute Gasteiger partial charge is 0.335 e. The van der Waals surface area contributed by atoms with E-state index < -0.39 is 17.6 Å². The van der Waals surface area contributed by atoms with Gasteiger partial charge < -0.3 is 15.0 Å². The van der Waals surface area contributed by atoms with Crippen molar-refractivity contribution in [3.8, 4) is 11.3 Å². The maximum absolute atomic E-state index is 14.1. The fourth-order valence-corrected chi connectivity index (χ4v) is 4.18. The number of carboxylic acids is 1. The number of carboxylic acid groups (broad SMARTS) is 1. The lowest BCUT2D eigenvalue weighted by Gasteiger charge is -2.12. The number of hydrogen-bond acceptors (Lipinski definition) is 4. The largest absolute Gasteiger partial charge is 0.478 e. The van der Waals surface area contributed by atoms with E-state index >= 15 is 0 Å². The highest BCUT2D eigenvalue weighted by molar-refractivity contribution is 5.90. The standard InChI is InChI=1S/C26H26F2N4O2/c1-15(2)10-18-12-17(4-5-19(18)26(33)34)22-13-24(31-14-30-22)29-8-9-32-16(3)11-20-23(32)7-6-21(27)25(20)28/h4-7,11-15H,8-10H2,1-3H3,(H,33,34)(H,29,30,31). The van der Waals surface area contributed by atoms with E-state index in [9.17, 15) is 18.7 Å². The van der Waals surface area contributed by atoms with Crippen LogP contribution in [0.1, 0.15) is 35.5 Å². The molecule has 0 spiro atoms. The van der Waals surface area contributed by atoms with Crippen molar-refractivity contribution in [2.24, 2.45) is 5.92 Å². The Morgan fingerprint density at radius 1 is 1.12 bits per heavy atom. The molecule has 0 aliphatic heterocycles. The Hall–Kier alpha value is -3.81. The lowest BCUT2D eigenvalue weighted by atomic mass is 9.95. The number of nitrogens with zero attached hydrogens (tertiary/aromatic N) is 3. The van der Waals surface area contributed by atoms with Gasteiger partial charge in [-0.25, -0.2) is 23.5 Å². The first-order chi connectivity index (χ1) is 16.2. The first kappa shape index (κ1) is 23.4. The molecule has 2 aromatic carbocycles. The van der Waals surface area contributed by atoms with Crippen molar-refractivity contribution < 1.29 is 18.7 Å². The normalized spacial score (nSPS) is 11.4. The van der Waals surface area contributed by atoms with Crippen LogP contribution in [0.15, 0.2) is 48.8 Å². The highest BCUT2D eigenvalue weighted by atomic mass is 19.2. The van der Waals surface area contributed by atoms with E-state index in [-0.39, 0.29) is 5.39 Å². The van der Waals surface area contributed by atoms with E-state index in [1.54, 1.807) is 24.3 Å². The van der Waals surface area contributed by atoms with E-state index in [2.05, 4.69) is 15.3 Å². The minimum absolute atomic E-state index is 0.267. The van der Waals surface area contributed by atoms with E-state index in [1.165, 1.54) is 6.33 Å². The summed E-state index contributed by atoms with van der Waals surface area (Å²) >= 11 is 0. The number of benzene rings is 2. The van der Waals surface area contributed by atoms with Crippen LogP contribution < -0.4 is 5.32 Å². The molecule has 34 heavy (non-hydrogen) atoms. The fraction of sp³-hybridized carbons (Fsp3) is 0.269. The zero-order valence-corrected chi connectivity index (χ0v) is 19.3. The van der Waals surface area contributed by atoms with Crippen LogP contribution in [0.5, 0.6) is 0 Å². The summed E-state index contributed by atoms with van der Waals surface area (Å²) < 4.78 is 29.6. The average molecular weight is 465 g/mol. The van der Waals surface area contributed by atoms with E-state index in [0.717, 1.165) is 22.9 Å². The summed E-state index contributed by atoms with van der Waals surface area (Å²) in [4.78, 5) is 20.2. The van der Waals surface area contributed by atoms with Crippen molar-refractivity contribution in [3.63, 3.8) is 0 Å². The molecule has 0 radical (unpaired) electrons. The number of hydrogen-bond donors (Lipinski definition) is 2. The van der Waals surface area contributed by atoms with Gasteiger partial charge in [0.05, 0.1) is 16.8 Å². The van der Waals surface area contributed by atoms with Crippen LogP contribution in [0, 0.1) is 24.5 Å². The zero-order chi connectivity index (χ0) is 24.4. The number of aromatic nitrogens is 3. The first-order valence-electron chi connectivity index (χ1n) is 11.1. The van der Waals surface area contributed by atoms with Crippen molar-refractivity contribution in [2.45, 2.75) is 33.7 Å². The van der Waals surface area contributed by atoms with E-state index in [0.29, 0.717) is 48.0 Å². The van der Waals surface area contributed by atoms with Gasteiger partial charge in [0.2, 0.25) is 0 Å². The molecule has 6 nitrogen and oxygen atoms in total. The minimum atomic E-state index is -0.942. The van der Waals surface area contributed by atoms with Crippen LogP contribution in [0.4, 0.5) is 14.6 Å². The van der Waals surface area contributed by atoms with Crippen LogP contribution in [0.2, 0.25) is 0 Å². The highest BCUT2D eigenvalue weighted by Gasteiger charge is 2.15. The number of halogens is 2. The summed E-state index contributed by atoms with van der Waals surface area (Å²) in [5.74, 6) is -1.70. The van der Waals surface area contributed by atoms with E-state index in [4.69, 9.17) is 0 Å². The number of carbonyl (C=O) groups is 1.